The molecule has 5 heterocycles. The fourth-order valence-corrected chi connectivity index (χ4v) is 11.9. The number of hydrogen-bond acceptors (Lipinski definition) is 9. The maximum Gasteiger partial charge on any atom is 0.319 e. The van der Waals surface area contributed by atoms with Crippen molar-refractivity contribution < 1.29 is 22.3 Å². The number of hydrogen-bond donors (Lipinski definition) is 0. The van der Waals surface area contributed by atoms with Crippen molar-refractivity contribution in [1.29, 1.82) is 5.26 Å². The van der Waals surface area contributed by atoms with Crippen LogP contribution in [0.25, 0.3) is 32.1 Å². The van der Waals surface area contributed by atoms with E-state index in [1.807, 2.05) is 0 Å². The SMILES string of the molecule is CN(C)C=Nc1sc2c(F)ccc(-c3c(Cl)cc4c(N5C[C@@H]6C[C@H](C5)[C@H](O[Si](C)(C)C(C)(C)C)C6)nc(OC[C@@]56CCCN5C[C@H](F)C6)nc4c3F)c2c1C#N. The number of nitriles is 1. The van der Waals surface area contributed by atoms with Crippen molar-refractivity contribution in [3.8, 4) is 23.2 Å². The van der Waals surface area contributed by atoms with Crippen molar-refractivity contribution in [3.05, 3.63) is 40.4 Å². The summed E-state index contributed by atoms with van der Waals surface area (Å²) in [6.45, 7) is 14.1. The predicted octanol–water partition coefficient (Wildman–Crippen LogP) is 9.73. The van der Waals surface area contributed by atoms with Crippen LogP contribution < -0.4 is 9.64 Å². The Kier molecular flexibility index (Phi) is 10.1. The Labute approximate surface area is 336 Å². The molecule has 2 bridgehead atoms. The number of alkyl halides is 1. The average Bonchev–Trinajstić information content (AvgIpc) is 3.85. The van der Waals surface area contributed by atoms with Crippen molar-refractivity contribution in [2.24, 2.45) is 16.8 Å². The molecule has 0 unspecified atom stereocenters. The van der Waals surface area contributed by atoms with E-state index in [0.29, 0.717) is 48.2 Å². The standard InChI is InChI=1S/C41H49ClF3N7O2SSi/c1-40(2,3)56(6,7)54-31-14-23-13-24(31)19-51(18-23)37-27-15-29(42)33(26-9-10-30(44)36-32(26)28(17-46)38(55-36)47-22-50(4)5)34(45)35(27)48-39(49-37)53-21-41-11-8-12-52(41)20-25(43)16-41/h9-10,15,22-25,31H,8,11-14,16,18-21H2,1-7H3/t23-,24-,25-,31-,41+/m1/s1. The minimum atomic E-state index is -2.03. The summed E-state index contributed by atoms with van der Waals surface area (Å²) >= 11 is 8.08. The molecule has 0 radical (unpaired) electrons. The van der Waals surface area contributed by atoms with Gasteiger partial charge in [-0.2, -0.15) is 15.2 Å². The molecule has 0 spiro atoms. The van der Waals surface area contributed by atoms with E-state index in [-0.39, 0.29) is 67.0 Å². The Morgan fingerprint density at radius 2 is 1.96 bits per heavy atom. The number of aliphatic imine (C=N–C) groups is 1. The second-order valence-corrected chi connectivity index (χ2v) is 24.1. The van der Waals surface area contributed by atoms with Gasteiger partial charge in [0.15, 0.2) is 14.1 Å². The van der Waals surface area contributed by atoms with Crippen LogP contribution in [0.1, 0.15) is 58.4 Å². The zero-order valence-corrected chi connectivity index (χ0v) is 35.6. The maximum absolute atomic E-state index is 17.5. The first-order chi connectivity index (χ1) is 26.5. The summed E-state index contributed by atoms with van der Waals surface area (Å²) in [6, 6.07) is 6.57. The number of thiophene rings is 1. The molecule has 15 heteroatoms. The predicted molar refractivity (Wildman–Crippen MR) is 221 cm³/mol. The molecule has 0 amide bonds. The zero-order valence-electron chi connectivity index (χ0n) is 33.1. The molecular weight excluding hydrogens is 775 g/mol. The molecule has 5 atom stereocenters. The third kappa shape index (κ3) is 6.85. The number of nitrogens with zero attached hydrogens (tertiary/aromatic N) is 7. The topological polar surface area (TPSA) is 90.1 Å². The summed E-state index contributed by atoms with van der Waals surface area (Å²) in [5.41, 5.74) is -0.0739. The molecule has 2 aromatic heterocycles. The quantitative estimate of drug-likeness (QED) is 0.0937. The molecule has 2 aromatic carbocycles. The number of anilines is 1. The molecule has 8 rings (SSSR count). The van der Waals surface area contributed by atoms with Gasteiger partial charge >= 0.3 is 6.01 Å². The highest BCUT2D eigenvalue weighted by molar-refractivity contribution is 7.23. The Hall–Kier alpha value is -3.48. The number of benzene rings is 2. The second kappa shape index (κ2) is 14.4. The van der Waals surface area contributed by atoms with Gasteiger partial charge in [0.05, 0.1) is 27.2 Å². The minimum Gasteiger partial charge on any atom is -0.461 e. The molecule has 1 aliphatic carbocycles. The van der Waals surface area contributed by atoms with Gasteiger partial charge in [0.1, 0.15) is 41.0 Å². The van der Waals surface area contributed by atoms with Crippen LogP contribution in [0.5, 0.6) is 6.01 Å². The Balaban J connectivity index is 1.24. The molecule has 298 valence electrons. The lowest BCUT2D eigenvalue weighted by Gasteiger charge is -2.40. The summed E-state index contributed by atoms with van der Waals surface area (Å²) in [5, 5.41) is 11.4. The van der Waals surface area contributed by atoms with Crippen LogP contribution in [-0.2, 0) is 4.43 Å². The van der Waals surface area contributed by atoms with Crippen LogP contribution in [-0.4, -0.2) is 99.1 Å². The largest absolute Gasteiger partial charge is 0.461 e. The molecule has 0 N–H and O–H groups in total. The minimum absolute atomic E-state index is 0.00373. The summed E-state index contributed by atoms with van der Waals surface area (Å²) < 4.78 is 61.1. The van der Waals surface area contributed by atoms with E-state index in [0.717, 1.165) is 43.6 Å². The lowest BCUT2D eigenvalue weighted by atomic mass is 9.95. The summed E-state index contributed by atoms with van der Waals surface area (Å²) in [5.74, 6) is -0.126. The van der Waals surface area contributed by atoms with Gasteiger partial charge < -0.3 is 19.0 Å². The number of piperidine rings is 1. The van der Waals surface area contributed by atoms with Crippen LogP contribution in [0.2, 0.25) is 23.2 Å². The van der Waals surface area contributed by atoms with Gasteiger partial charge in [0.2, 0.25) is 0 Å². The molecule has 1 saturated carbocycles. The number of aromatic nitrogens is 2. The van der Waals surface area contributed by atoms with Gasteiger partial charge in [0, 0.05) is 68.5 Å². The van der Waals surface area contributed by atoms with E-state index in [1.165, 1.54) is 18.5 Å². The number of ether oxygens (including phenoxy) is 1. The van der Waals surface area contributed by atoms with Gasteiger partial charge in [-0.25, -0.2) is 18.2 Å². The van der Waals surface area contributed by atoms with Gasteiger partial charge in [-0.05, 0) is 74.0 Å². The summed E-state index contributed by atoms with van der Waals surface area (Å²) in [7, 11) is 1.55. The number of halogens is 4. The molecule has 3 aliphatic heterocycles. The van der Waals surface area contributed by atoms with E-state index in [9.17, 15) is 9.65 Å². The van der Waals surface area contributed by atoms with E-state index >= 15 is 8.78 Å². The number of fused-ring (bicyclic) bond motifs is 5. The average molecular weight is 824 g/mol. The van der Waals surface area contributed by atoms with Crippen LogP contribution in [0, 0.1) is 34.8 Å². The second-order valence-electron chi connectivity index (χ2n) is 18.0. The van der Waals surface area contributed by atoms with Crippen LogP contribution in [0.15, 0.2) is 23.2 Å². The fraction of sp³-hybridized carbons (Fsp3) is 0.561. The Bertz CT molecular complexity index is 2280. The van der Waals surface area contributed by atoms with Crippen LogP contribution >= 0.6 is 22.9 Å². The van der Waals surface area contributed by atoms with Gasteiger partial charge in [0.25, 0.3) is 0 Å². The van der Waals surface area contributed by atoms with Crippen LogP contribution in [0.4, 0.5) is 24.0 Å². The normalized spacial score (nSPS) is 25.5. The van der Waals surface area contributed by atoms with Crippen molar-refractivity contribution >= 4 is 69.4 Å². The highest BCUT2D eigenvalue weighted by Gasteiger charge is 2.50. The fourth-order valence-electron chi connectivity index (χ4n) is 9.17. The van der Waals surface area contributed by atoms with Gasteiger partial charge in [-0.1, -0.05) is 38.4 Å². The van der Waals surface area contributed by atoms with E-state index < -0.39 is 31.7 Å². The Morgan fingerprint density at radius 1 is 1.18 bits per heavy atom. The van der Waals surface area contributed by atoms with E-state index in [2.05, 4.69) is 54.7 Å². The van der Waals surface area contributed by atoms with Crippen molar-refractivity contribution in [2.45, 2.75) is 88.8 Å². The molecular formula is C41H49ClF3N7O2SSi. The molecule has 4 aliphatic rings. The summed E-state index contributed by atoms with van der Waals surface area (Å²) in [6.07, 6.45) is 4.84. The first-order valence-electron chi connectivity index (χ1n) is 19.5. The van der Waals surface area contributed by atoms with Gasteiger partial charge in [-0.15, -0.1) is 11.3 Å². The molecule has 4 aromatic rings. The Morgan fingerprint density at radius 3 is 2.70 bits per heavy atom. The monoisotopic (exact) mass is 823 g/mol. The first kappa shape index (κ1) is 39.3. The maximum atomic E-state index is 17.5. The molecule has 56 heavy (non-hydrogen) atoms. The zero-order chi connectivity index (χ0) is 39.9. The smallest absolute Gasteiger partial charge is 0.319 e. The third-order valence-corrected chi connectivity index (χ3v) is 18.8. The third-order valence-electron chi connectivity index (χ3n) is 12.8. The van der Waals surface area contributed by atoms with E-state index in [1.54, 1.807) is 25.1 Å². The molecule has 9 nitrogen and oxygen atoms in total. The highest BCUT2D eigenvalue weighted by Crippen LogP contribution is 2.49. The molecule has 4 fully saturated rings. The highest BCUT2D eigenvalue weighted by atomic mass is 35.5. The first-order valence-corrected chi connectivity index (χ1v) is 23.6. The number of rotatable bonds is 9. The van der Waals surface area contributed by atoms with Crippen molar-refractivity contribution in [1.82, 2.24) is 19.8 Å². The van der Waals surface area contributed by atoms with Crippen LogP contribution in [0.3, 0.4) is 0 Å². The molecule has 3 saturated heterocycles. The van der Waals surface area contributed by atoms with Gasteiger partial charge in [-0.3, -0.25) is 4.90 Å². The van der Waals surface area contributed by atoms with Crippen molar-refractivity contribution in [2.75, 3.05) is 51.8 Å². The summed E-state index contributed by atoms with van der Waals surface area (Å²) in [4.78, 5) is 20.2. The van der Waals surface area contributed by atoms with Crippen molar-refractivity contribution in [3.63, 3.8) is 0 Å². The lowest BCUT2D eigenvalue weighted by Crippen LogP contribution is -2.46. The van der Waals surface area contributed by atoms with E-state index in [4.69, 9.17) is 30.7 Å². The lowest BCUT2D eigenvalue weighted by molar-refractivity contribution is 0.107.